The minimum atomic E-state index is -0.473. The van der Waals surface area contributed by atoms with Crippen molar-refractivity contribution in [2.75, 3.05) is 0 Å². The lowest BCUT2D eigenvalue weighted by Crippen LogP contribution is -2.00. The summed E-state index contributed by atoms with van der Waals surface area (Å²) in [6.45, 7) is 0.129. The molecule has 0 saturated carbocycles. The Bertz CT molecular complexity index is 587. The van der Waals surface area contributed by atoms with Crippen molar-refractivity contribution < 1.29 is 9.13 Å². The third-order valence-corrected chi connectivity index (χ3v) is 3.60. The van der Waals surface area contributed by atoms with Crippen LogP contribution in [0.4, 0.5) is 4.39 Å². The lowest BCUT2D eigenvalue weighted by atomic mass is 10.2. The van der Waals surface area contributed by atoms with E-state index >= 15 is 0 Å². The molecule has 5 heteroatoms. The molecule has 0 radical (unpaired) electrons. The molecule has 0 atom stereocenters. The molecule has 0 bridgehead atoms. The smallest absolute Gasteiger partial charge is 0.142 e. The SMILES string of the molecule is Fc1cccc(COc2c(Cl)cccc2CCl)c1Cl. The highest BCUT2D eigenvalue weighted by Gasteiger charge is 2.10. The van der Waals surface area contributed by atoms with E-state index in [0.29, 0.717) is 16.3 Å². The monoisotopic (exact) mass is 318 g/mol. The zero-order chi connectivity index (χ0) is 13.8. The molecular formula is C14H10Cl3FO. The molecule has 0 N–H and O–H groups in total. The zero-order valence-electron chi connectivity index (χ0n) is 9.80. The fraction of sp³-hybridized carbons (Fsp3) is 0.143. The van der Waals surface area contributed by atoms with E-state index in [4.69, 9.17) is 39.5 Å². The van der Waals surface area contributed by atoms with Gasteiger partial charge in [-0.1, -0.05) is 47.5 Å². The number of ether oxygens (including phenoxy) is 1. The number of benzene rings is 2. The molecule has 0 amide bonds. The summed E-state index contributed by atoms with van der Waals surface area (Å²) < 4.78 is 18.9. The Labute approximate surface area is 125 Å². The van der Waals surface area contributed by atoms with Gasteiger partial charge in [-0.05, 0) is 12.1 Å². The lowest BCUT2D eigenvalue weighted by Gasteiger charge is -2.12. The second-order valence-electron chi connectivity index (χ2n) is 3.86. The highest BCUT2D eigenvalue weighted by atomic mass is 35.5. The number of hydrogen-bond donors (Lipinski definition) is 0. The van der Waals surface area contributed by atoms with Gasteiger partial charge in [-0.25, -0.2) is 4.39 Å². The van der Waals surface area contributed by atoms with Gasteiger partial charge in [0.25, 0.3) is 0 Å². The molecule has 0 unspecified atom stereocenters. The molecule has 0 aliphatic heterocycles. The summed E-state index contributed by atoms with van der Waals surface area (Å²) >= 11 is 17.7. The molecule has 1 nitrogen and oxygen atoms in total. The number of hydrogen-bond acceptors (Lipinski definition) is 1. The van der Waals surface area contributed by atoms with Crippen LogP contribution in [0.5, 0.6) is 5.75 Å². The molecule has 0 aliphatic rings. The minimum absolute atomic E-state index is 0.0574. The summed E-state index contributed by atoms with van der Waals surface area (Å²) in [6, 6.07) is 9.90. The molecule has 0 heterocycles. The van der Waals surface area contributed by atoms with Crippen LogP contribution >= 0.6 is 34.8 Å². The molecule has 2 aromatic carbocycles. The summed E-state index contributed by atoms with van der Waals surface area (Å²) in [7, 11) is 0. The van der Waals surface area contributed by atoms with E-state index in [1.807, 2.05) is 6.07 Å². The van der Waals surface area contributed by atoms with Crippen molar-refractivity contribution in [1.29, 1.82) is 0 Å². The van der Waals surface area contributed by atoms with E-state index in [2.05, 4.69) is 0 Å². The topological polar surface area (TPSA) is 9.23 Å². The van der Waals surface area contributed by atoms with Gasteiger partial charge < -0.3 is 4.74 Å². The average Bonchev–Trinajstić information content (AvgIpc) is 2.41. The molecule has 0 saturated heterocycles. The number of rotatable bonds is 4. The number of alkyl halides is 1. The largest absolute Gasteiger partial charge is 0.487 e. The highest BCUT2D eigenvalue weighted by Crippen LogP contribution is 2.31. The quantitative estimate of drug-likeness (QED) is 0.681. The van der Waals surface area contributed by atoms with E-state index in [9.17, 15) is 4.39 Å². The average molecular weight is 320 g/mol. The van der Waals surface area contributed by atoms with E-state index in [1.54, 1.807) is 24.3 Å². The van der Waals surface area contributed by atoms with Crippen LogP contribution in [0.3, 0.4) is 0 Å². The molecule has 19 heavy (non-hydrogen) atoms. The normalized spacial score (nSPS) is 10.5. The summed E-state index contributed by atoms with van der Waals surface area (Å²) in [5, 5.41) is 0.521. The Hall–Kier alpha value is -0.960. The van der Waals surface area contributed by atoms with Crippen LogP contribution in [-0.4, -0.2) is 0 Å². The lowest BCUT2D eigenvalue weighted by molar-refractivity contribution is 0.303. The molecule has 100 valence electrons. The molecular weight excluding hydrogens is 310 g/mol. The van der Waals surface area contributed by atoms with Gasteiger partial charge in [-0.3, -0.25) is 0 Å². The van der Waals surface area contributed by atoms with Crippen LogP contribution in [-0.2, 0) is 12.5 Å². The Morgan fingerprint density at radius 1 is 1.00 bits per heavy atom. The first-order chi connectivity index (χ1) is 9.13. The molecule has 0 aliphatic carbocycles. The molecule has 0 spiro atoms. The maximum Gasteiger partial charge on any atom is 0.142 e. The number of halogens is 4. The number of para-hydroxylation sites is 1. The summed E-state index contributed by atoms with van der Waals surface area (Å²) in [4.78, 5) is 0. The van der Waals surface area contributed by atoms with Gasteiger partial charge in [-0.15, -0.1) is 11.6 Å². The third kappa shape index (κ3) is 3.33. The molecule has 2 rings (SSSR count). The van der Waals surface area contributed by atoms with Gasteiger partial charge in [0.05, 0.1) is 15.9 Å². The van der Waals surface area contributed by atoms with Crippen LogP contribution in [0.15, 0.2) is 36.4 Å². The fourth-order valence-electron chi connectivity index (χ4n) is 1.63. The van der Waals surface area contributed by atoms with Gasteiger partial charge in [-0.2, -0.15) is 0 Å². The van der Waals surface area contributed by atoms with Crippen LogP contribution in [0.2, 0.25) is 10.0 Å². The van der Waals surface area contributed by atoms with Crippen molar-refractivity contribution in [3.05, 3.63) is 63.4 Å². The standard InChI is InChI=1S/C14H10Cl3FO/c15-7-9-3-1-5-11(16)14(9)19-8-10-4-2-6-12(18)13(10)17/h1-6H,7-8H2. The van der Waals surface area contributed by atoms with E-state index < -0.39 is 5.82 Å². The highest BCUT2D eigenvalue weighted by molar-refractivity contribution is 6.32. The Morgan fingerprint density at radius 3 is 2.42 bits per heavy atom. The third-order valence-electron chi connectivity index (χ3n) is 2.60. The zero-order valence-corrected chi connectivity index (χ0v) is 12.1. The van der Waals surface area contributed by atoms with Crippen molar-refractivity contribution in [3.63, 3.8) is 0 Å². The second kappa shape index (κ2) is 6.47. The first-order valence-corrected chi connectivity index (χ1v) is 6.81. The summed E-state index contributed by atoms with van der Waals surface area (Å²) in [5.41, 5.74) is 1.34. The van der Waals surface area contributed by atoms with Crippen molar-refractivity contribution in [2.45, 2.75) is 12.5 Å². The van der Waals surface area contributed by atoms with Crippen LogP contribution in [0.25, 0.3) is 0 Å². The molecule has 0 aromatic heterocycles. The van der Waals surface area contributed by atoms with E-state index in [0.717, 1.165) is 5.56 Å². The predicted octanol–water partition coefficient (Wildman–Crippen LogP) is 5.45. The second-order valence-corrected chi connectivity index (χ2v) is 4.92. The van der Waals surface area contributed by atoms with Crippen LogP contribution < -0.4 is 4.74 Å². The van der Waals surface area contributed by atoms with Crippen molar-refractivity contribution >= 4 is 34.8 Å². The van der Waals surface area contributed by atoms with Gasteiger partial charge >= 0.3 is 0 Å². The summed E-state index contributed by atoms with van der Waals surface area (Å²) in [6.07, 6.45) is 0. The van der Waals surface area contributed by atoms with Crippen LogP contribution in [0.1, 0.15) is 11.1 Å². The minimum Gasteiger partial charge on any atom is -0.487 e. The Balaban J connectivity index is 2.21. The van der Waals surface area contributed by atoms with Gasteiger partial charge in [0.1, 0.15) is 18.2 Å². The van der Waals surface area contributed by atoms with Crippen LogP contribution in [0, 0.1) is 5.82 Å². The fourth-order valence-corrected chi connectivity index (χ4v) is 2.27. The van der Waals surface area contributed by atoms with Gasteiger partial charge in [0, 0.05) is 11.1 Å². The van der Waals surface area contributed by atoms with Crippen molar-refractivity contribution in [2.24, 2.45) is 0 Å². The maximum atomic E-state index is 13.3. The van der Waals surface area contributed by atoms with Crippen molar-refractivity contribution in [1.82, 2.24) is 0 Å². The first-order valence-electron chi connectivity index (χ1n) is 5.52. The predicted molar refractivity (Wildman–Crippen MR) is 76.8 cm³/mol. The van der Waals surface area contributed by atoms with Crippen molar-refractivity contribution in [3.8, 4) is 5.75 Å². The Morgan fingerprint density at radius 2 is 1.68 bits per heavy atom. The van der Waals surface area contributed by atoms with Gasteiger partial charge in [0.2, 0.25) is 0 Å². The van der Waals surface area contributed by atoms with E-state index in [-0.39, 0.29) is 17.5 Å². The maximum absolute atomic E-state index is 13.3. The first kappa shape index (κ1) is 14.4. The van der Waals surface area contributed by atoms with E-state index in [1.165, 1.54) is 6.07 Å². The van der Waals surface area contributed by atoms with Gasteiger partial charge in [0.15, 0.2) is 0 Å². The molecule has 0 fully saturated rings. The molecule has 2 aromatic rings. The Kier molecular flexibility index (Phi) is 4.92. The summed E-state index contributed by atoms with van der Waals surface area (Å²) in [5.74, 6) is 0.311.